The molecule has 0 aliphatic heterocycles. The second-order valence-electron chi connectivity index (χ2n) is 5.82. The summed E-state index contributed by atoms with van der Waals surface area (Å²) < 4.78 is 1.87. The first-order valence-corrected chi connectivity index (χ1v) is 9.71. The lowest BCUT2D eigenvalue weighted by atomic mass is 10.2. The van der Waals surface area contributed by atoms with E-state index >= 15 is 0 Å². The molecule has 0 aliphatic carbocycles. The lowest BCUT2D eigenvalue weighted by Crippen LogP contribution is -2.11. The Hall–Kier alpha value is -2.95. The van der Waals surface area contributed by atoms with Crippen LogP contribution in [0.15, 0.2) is 100 Å². The van der Waals surface area contributed by atoms with Gasteiger partial charge >= 0.3 is 0 Å². The molecule has 0 amide bonds. The van der Waals surface area contributed by atoms with Crippen molar-refractivity contribution >= 4 is 34.8 Å². The number of hydrogen-bond donors (Lipinski definition) is 0. The Balaban J connectivity index is 1.84. The molecule has 5 heteroatoms. The lowest BCUT2D eigenvalue weighted by Gasteiger charge is -2.04. The van der Waals surface area contributed by atoms with Crippen LogP contribution in [0.2, 0.25) is 5.02 Å². The number of hydrogen-bond acceptors (Lipinski definition) is 3. The van der Waals surface area contributed by atoms with Crippen LogP contribution in [0.4, 0.5) is 5.69 Å². The van der Waals surface area contributed by atoms with Gasteiger partial charge in [0, 0.05) is 16.0 Å². The first-order chi connectivity index (χ1) is 13.3. The number of aromatic nitrogens is 1. The molecular formula is C22H16ClN3S. The maximum atomic E-state index is 6.04. The van der Waals surface area contributed by atoms with Crippen molar-refractivity contribution in [3.63, 3.8) is 0 Å². The van der Waals surface area contributed by atoms with E-state index in [2.05, 4.69) is 5.38 Å². The van der Waals surface area contributed by atoms with Gasteiger partial charge in [0.15, 0.2) is 0 Å². The molecule has 27 heavy (non-hydrogen) atoms. The molecule has 1 heterocycles. The summed E-state index contributed by atoms with van der Waals surface area (Å²) in [4.78, 5) is 5.56. The van der Waals surface area contributed by atoms with Crippen LogP contribution in [-0.4, -0.2) is 10.9 Å². The average Bonchev–Trinajstić information content (AvgIpc) is 3.11. The summed E-state index contributed by atoms with van der Waals surface area (Å²) in [6, 6.07) is 27.7. The van der Waals surface area contributed by atoms with Crippen molar-refractivity contribution in [1.29, 1.82) is 0 Å². The third-order valence-electron chi connectivity index (χ3n) is 3.93. The minimum atomic E-state index is 0.711. The fraction of sp³-hybridized carbons (Fsp3) is 0. The van der Waals surface area contributed by atoms with Crippen LogP contribution in [0.5, 0.6) is 0 Å². The molecule has 0 atom stereocenters. The summed E-state index contributed by atoms with van der Waals surface area (Å²) >= 11 is 7.60. The van der Waals surface area contributed by atoms with E-state index in [4.69, 9.17) is 21.7 Å². The van der Waals surface area contributed by atoms with Gasteiger partial charge in [0.1, 0.15) is 0 Å². The van der Waals surface area contributed by atoms with Crippen LogP contribution in [0.25, 0.3) is 11.3 Å². The van der Waals surface area contributed by atoms with Crippen molar-refractivity contribution in [1.82, 2.24) is 4.68 Å². The van der Waals surface area contributed by atoms with E-state index < -0.39 is 0 Å². The van der Waals surface area contributed by atoms with E-state index in [-0.39, 0.29) is 0 Å². The number of benzene rings is 3. The van der Waals surface area contributed by atoms with Gasteiger partial charge in [-0.2, -0.15) is 5.10 Å². The van der Waals surface area contributed by atoms with Gasteiger partial charge in [-0.1, -0.05) is 72.3 Å². The Kier molecular flexibility index (Phi) is 5.28. The van der Waals surface area contributed by atoms with Gasteiger partial charge in [0.05, 0.1) is 17.6 Å². The minimum Gasteiger partial charge on any atom is -0.220 e. The molecule has 0 bridgehead atoms. The monoisotopic (exact) mass is 389 g/mol. The SMILES string of the molecule is Clc1ccc(-c2csc(=Nc3ccccc3)n2N=Cc2ccccc2)cc1. The molecule has 0 aliphatic rings. The summed E-state index contributed by atoms with van der Waals surface area (Å²) in [6.07, 6.45) is 1.84. The zero-order valence-corrected chi connectivity index (χ0v) is 15.9. The molecule has 0 radical (unpaired) electrons. The molecule has 132 valence electrons. The smallest absolute Gasteiger partial charge is 0.211 e. The van der Waals surface area contributed by atoms with Gasteiger partial charge in [-0.3, -0.25) is 0 Å². The van der Waals surface area contributed by atoms with Gasteiger partial charge in [-0.15, -0.1) is 11.3 Å². The number of halogens is 1. The maximum absolute atomic E-state index is 6.04. The predicted molar refractivity (Wildman–Crippen MR) is 114 cm³/mol. The molecule has 3 nitrogen and oxygen atoms in total. The molecule has 3 aromatic carbocycles. The van der Waals surface area contributed by atoms with Crippen molar-refractivity contribution in [3.8, 4) is 11.3 Å². The first kappa shape index (κ1) is 17.5. The summed E-state index contributed by atoms with van der Waals surface area (Å²) in [7, 11) is 0. The summed E-state index contributed by atoms with van der Waals surface area (Å²) in [5, 5.41) is 7.48. The molecule has 1 aromatic heterocycles. The first-order valence-electron chi connectivity index (χ1n) is 8.45. The molecule has 0 saturated heterocycles. The van der Waals surface area contributed by atoms with Gasteiger partial charge in [-0.25, -0.2) is 9.67 Å². The van der Waals surface area contributed by atoms with E-state index in [1.54, 1.807) is 11.3 Å². The molecular weight excluding hydrogens is 374 g/mol. The highest BCUT2D eigenvalue weighted by molar-refractivity contribution is 7.07. The van der Waals surface area contributed by atoms with Crippen LogP contribution >= 0.6 is 22.9 Å². The van der Waals surface area contributed by atoms with Gasteiger partial charge < -0.3 is 0 Å². The van der Waals surface area contributed by atoms with E-state index in [1.165, 1.54) is 0 Å². The normalized spacial score (nSPS) is 12.0. The fourth-order valence-electron chi connectivity index (χ4n) is 2.58. The van der Waals surface area contributed by atoms with E-state index in [0.29, 0.717) is 5.02 Å². The fourth-order valence-corrected chi connectivity index (χ4v) is 3.57. The quantitative estimate of drug-likeness (QED) is 0.384. The van der Waals surface area contributed by atoms with Crippen LogP contribution in [0.1, 0.15) is 5.56 Å². The highest BCUT2D eigenvalue weighted by atomic mass is 35.5. The number of rotatable bonds is 4. The molecule has 0 fully saturated rings. The van der Waals surface area contributed by atoms with Crippen LogP contribution < -0.4 is 4.80 Å². The molecule has 4 rings (SSSR count). The van der Waals surface area contributed by atoms with Crippen molar-refractivity contribution < 1.29 is 0 Å². The summed E-state index contributed by atoms with van der Waals surface area (Å²) in [5.74, 6) is 0. The third-order valence-corrected chi connectivity index (χ3v) is 5.00. The van der Waals surface area contributed by atoms with Gasteiger partial charge in [0.2, 0.25) is 4.80 Å². The zero-order valence-electron chi connectivity index (χ0n) is 14.4. The maximum Gasteiger partial charge on any atom is 0.211 e. The van der Waals surface area contributed by atoms with Crippen LogP contribution in [-0.2, 0) is 0 Å². The van der Waals surface area contributed by atoms with E-state index in [0.717, 1.165) is 27.3 Å². The minimum absolute atomic E-state index is 0.711. The third kappa shape index (κ3) is 4.25. The van der Waals surface area contributed by atoms with Crippen LogP contribution in [0, 0.1) is 0 Å². The van der Waals surface area contributed by atoms with Crippen molar-refractivity contribution in [2.24, 2.45) is 10.1 Å². The van der Waals surface area contributed by atoms with Gasteiger partial charge in [-0.05, 0) is 29.8 Å². The van der Waals surface area contributed by atoms with E-state index in [9.17, 15) is 0 Å². The standard InChI is InChI=1S/C22H16ClN3S/c23-19-13-11-18(12-14-19)21-16-27-22(25-20-9-5-2-6-10-20)26(21)24-15-17-7-3-1-4-8-17/h1-16H. The number of para-hydroxylation sites is 1. The molecule has 0 N–H and O–H groups in total. The van der Waals surface area contributed by atoms with Crippen LogP contribution in [0.3, 0.4) is 0 Å². The number of nitrogens with zero attached hydrogens (tertiary/aromatic N) is 3. The predicted octanol–water partition coefficient (Wildman–Crippen LogP) is 5.98. The van der Waals surface area contributed by atoms with E-state index in [1.807, 2.05) is 95.8 Å². The number of thiazole rings is 1. The lowest BCUT2D eigenvalue weighted by molar-refractivity contribution is 0.855. The summed E-state index contributed by atoms with van der Waals surface area (Å²) in [6.45, 7) is 0. The van der Waals surface area contributed by atoms with Crippen molar-refractivity contribution in [2.45, 2.75) is 0 Å². The largest absolute Gasteiger partial charge is 0.220 e. The second-order valence-corrected chi connectivity index (χ2v) is 7.10. The summed E-state index contributed by atoms with van der Waals surface area (Å²) in [5.41, 5.74) is 3.93. The Morgan fingerprint density at radius 3 is 2.19 bits per heavy atom. The van der Waals surface area contributed by atoms with Gasteiger partial charge in [0.25, 0.3) is 0 Å². The zero-order chi connectivity index (χ0) is 18.5. The highest BCUT2D eigenvalue weighted by Crippen LogP contribution is 2.22. The topological polar surface area (TPSA) is 29.6 Å². The van der Waals surface area contributed by atoms with Crippen molar-refractivity contribution in [3.05, 3.63) is 106 Å². The molecule has 0 saturated carbocycles. The molecule has 4 aromatic rings. The Morgan fingerprint density at radius 1 is 0.815 bits per heavy atom. The second kappa shape index (κ2) is 8.16. The Bertz CT molecular complexity index is 1110. The molecule has 0 spiro atoms. The highest BCUT2D eigenvalue weighted by Gasteiger charge is 2.07. The Morgan fingerprint density at radius 2 is 1.48 bits per heavy atom. The van der Waals surface area contributed by atoms with Crippen molar-refractivity contribution in [2.75, 3.05) is 0 Å². The Labute approximate surface area is 166 Å². The molecule has 0 unspecified atom stereocenters. The average molecular weight is 390 g/mol.